The zero-order chi connectivity index (χ0) is 17.5. The molecule has 130 valence electrons. The smallest absolute Gasteiger partial charge is 0.246 e. The van der Waals surface area contributed by atoms with Gasteiger partial charge < -0.3 is 4.90 Å². The molecule has 3 rings (SSSR count). The highest BCUT2D eigenvalue weighted by molar-refractivity contribution is 5.91. The number of likely N-dealkylation sites (tertiary alicyclic amines) is 1. The second-order valence-corrected chi connectivity index (χ2v) is 6.69. The third kappa shape index (κ3) is 5.04. The van der Waals surface area contributed by atoms with Crippen LogP contribution in [0.4, 0.5) is 0 Å². The van der Waals surface area contributed by atoms with E-state index in [9.17, 15) is 4.79 Å². The predicted octanol–water partition coefficient (Wildman–Crippen LogP) is 3.82. The Morgan fingerprint density at radius 2 is 1.64 bits per heavy atom. The molecule has 1 fully saturated rings. The number of amides is 1. The largest absolute Gasteiger partial charge is 0.339 e. The number of hydrogen-bond donors (Lipinski definition) is 0. The van der Waals surface area contributed by atoms with E-state index in [1.54, 1.807) is 6.08 Å². The van der Waals surface area contributed by atoms with E-state index in [1.807, 2.05) is 48.4 Å². The lowest BCUT2D eigenvalue weighted by molar-refractivity contribution is -0.127. The van der Waals surface area contributed by atoms with Crippen LogP contribution >= 0.6 is 0 Å². The Balaban J connectivity index is 1.48. The molecule has 0 saturated carbocycles. The molecule has 1 amide bonds. The molecule has 0 aliphatic carbocycles. The van der Waals surface area contributed by atoms with E-state index < -0.39 is 0 Å². The van der Waals surface area contributed by atoms with Crippen LogP contribution in [-0.2, 0) is 11.3 Å². The Bertz CT molecular complexity index is 688. The van der Waals surface area contributed by atoms with Gasteiger partial charge in [0, 0.05) is 38.8 Å². The topological polar surface area (TPSA) is 23.6 Å². The molecule has 0 atom stereocenters. The van der Waals surface area contributed by atoms with Gasteiger partial charge in [-0.05, 0) is 30.0 Å². The molecule has 2 aromatic carbocycles. The van der Waals surface area contributed by atoms with Crippen LogP contribution in [0.2, 0.25) is 0 Å². The highest BCUT2D eigenvalue weighted by Crippen LogP contribution is 2.18. The van der Waals surface area contributed by atoms with Crippen molar-refractivity contribution in [2.24, 2.45) is 0 Å². The molecule has 0 aromatic heterocycles. The Morgan fingerprint density at radius 3 is 2.28 bits per heavy atom. The minimum Gasteiger partial charge on any atom is -0.339 e. The quantitative estimate of drug-likeness (QED) is 0.776. The van der Waals surface area contributed by atoms with Crippen LogP contribution < -0.4 is 0 Å². The molecule has 3 nitrogen and oxygen atoms in total. The van der Waals surface area contributed by atoms with E-state index in [-0.39, 0.29) is 5.91 Å². The van der Waals surface area contributed by atoms with Gasteiger partial charge in [-0.2, -0.15) is 0 Å². The summed E-state index contributed by atoms with van der Waals surface area (Å²) in [5.41, 5.74) is 2.41. The van der Waals surface area contributed by atoms with Crippen LogP contribution in [0.25, 0.3) is 6.08 Å². The number of likely N-dealkylation sites (N-methyl/N-ethyl adjacent to an activating group) is 1. The van der Waals surface area contributed by atoms with Gasteiger partial charge >= 0.3 is 0 Å². The average Bonchev–Trinajstić information content (AvgIpc) is 2.68. The average molecular weight is 334 g/mol. The van der Waals surface area contributed by atoms with E-state index in [0.717, 1.165) is 38.0 Å². The summed E-state index contributed by atoms with van der Waals surface area (Å²) in [6, 6.07) is 20.9. The number of benzene rings is 2. The van der Waals surface area contributed by atoms with Crippen LogP contribution in [0.1, 0.15) is 24.0 Å². The van der Waals surface area contributed by atoms with Crippen LogP contribution in [0.5, 0.6) is 0 Å². The first-order valence-corrected chi connectivity index (χ1v) is 8.98. The minimum absolute atomic E-state index is 0.0883. The van der Waals surface area contributed by atoms with Crippen LogP contribution in [-0.4, -0.2) is 41.9 Å². The second kappa shape index (κ2) is 8.63. The Kier molecular flexibility index (Phi) is 6.02. The summed E-state index contributed by atoms with van der Waals surface area (Å²) in [6.45, 7) is 3.08. The number of carbonyl (C=O) groups is 1. The fourth-order valence-electron chi connectivity index (χ4n) is 3.34. The van der Waals surface area contributed by atoms with E-state index in [2.05, 4.69) is 35.2 Å². The molecular weight excluding hydrogens is 308 g/mol. The molecule has 1 aliphatic rings. The first-order valence-electron chi connectivity index (χ1n) is 8.98. The van der Waals surface area contributed by atoms with Crippen LogP contribution in [0, 0.1) is 0 Å². The molecule has 3 heteroatoms. The van der Waals surface area contributed by atoms with Crippen molar-refractivity contribution in [1.29, 1.82) is 0 Å². The molecule has 1 saturated heterocycles. The normalized spacial score (nSPS) is 16.2. The van der Waals surface area contributed by atoms with Crippen molar-refractivity contribution in [1.82, 2.24) is 9.80 Å². The highest BCUT2D eigenvalue weighted by atomic mass is 16.2. The number of piperidine rings is 1. The lowest BCUT2D eigenvalue weighted by atomic mass is 10.0. The van der Waals surface area contributed by atoms with Crippen molar-refractivity contribution in [2.45, 2.75) is 25.4 Å². The molecular formula is C22H26N2O. The maximum absolute atomic E-state index is 12.4. The van der Waals surface area contributed by atoms with Crippen molar-refractivity contribution >= 4 is 12.0 Å². The Morgan fingerprint density at radius 1 is 1.04 bits per heavy atom. The van der Waals surface area contributed by atoms with Gasteiger partial charge in [0.15, 0.2) is 0 Å². The van der Waals surface area contributed by atoms with Crippen molar-refractivity contribution in [3.8, 4) is 0 Å². The molecule has 1 aliphatic heterocycles. The van der Waals surface area contributed by atoms with Crippen molar-refractivity contribution < 1.29 is 4.79 Å². The molecule has 0 spiro atoms. The molecule has 0 radical (unpaired) electrons. The first kappa shape index (κ1) is 17.4. The Hall–Kier alpha value is -2.39. The van der Waals surface area contributed by atoms with Gasteiger partial charge in [0.25, 0.3) is 0 Å². The number of nitrogens with zero attached hydrogens (tertiary/aromatic N) is 2. The number of hydrogen-bond acceptors (Lipinski definition) is 2. The summed E-state index contributed by atoms with van der Waals surface area (Å²) in [5, 5.41) is 0. The lowest BCUT2D eigenvalue weighted by Crippen LogP contribution is -2.44. The van der Waals surface area contributed by atoms with Crippen molar-refractivity contribution in [3.05, 3.63) is 77.9 Å². The molecule has 25 heavy (non-hydrogen) atoms. The summed E-state index contributed by atoms with van der Waals surface area (Å²) in [6.07, 6.45) is 5.65. The standard InChI is InChI=1S/C22H26N2O/c1-23(22(25)13-12-19-8-4-2-5-9-19)21-14-16-24(17-15-21)18-20-10-6-3-7-11-20/h2-13,21H,14-18H2,1H3/b13-12+. The summed E-state index contributed by atoms with van der Waals surface area (Å²) >= 11 is 0. The van der Waals surface area contributed by atoms with Crippen molar-refractivity contribution in [2.75, 3.05) is 20.1 Å². The van der Waals surface area contributed by atoms with Crippen LogP contribution in [0.15, 0.2) is 66.7 Å². The zero-order valence-corrected chi connectivity index (χ0v) is 14.8. The van der Waals surface area contributed by atoms with Gasteiger partial charge in [0.05, 0.1) is 0 Å². The molecule has 2 aromatic rings. The lowest BCUT2D eigenvalue weighted by Gasteiger charge is -2.36. The van der Waals surface area contributed by atoms with E-state index in [1.165, 1.54) is 5.56 Å². The molecule has 0 N–H and O–H groups in total. The third-order valence-corrected chi connectivity index (χ3v) is 4.92. The van der Waals surface area contributed by atoms with Gasteiger partial charge in [-0.1, -0.05) is 60.7 Å². The summed E-state index contributed by atoms with van der Waals surface area (Å²) in [7, 11) is 1.93. The van der Waals surface area contributed by atoms with Gasteiger partial charge in [-0.15, -0.1) is 0 Å². The molecule has 1 heterocycles. The summed E-state index contributed by atoms with van der Waals surface area (Å²) in [4.78, 5) is 16.8. The van der Waals surface area contributed by atoms with Crippen LogP contribution in [0.3, 0.4) is 0 Å². The van der Waals surface area contributed by atoms with E-state index >= 15 is 0 Å². The fourth-order valence-corrected chi connectivity index (χ4v) is 3.34. The third-order valence-electron chi connectivity index (χ3n) is 4.92. The summed E-state index contributed by atoms with van der Waals surface area (Å²) in [5.74, 6) is 0.0883. The predicted molar refractivity (Wildman–Crippen MR) is 103 cm³/mol. The van der Waals surface area contributed by atoms with Crippen molar-refractivity contribution in [3.63, 3.8) is 0 Å². The highest BCUT2D eigenvalue weighted by Gasteiger charge is 2.24. The molecule has 0 unspecified atom stereocenters. The monoisotopic (exact) mass is 334 g/mol. The second-order valence-electron chi connectivity index (χ2n) is 6.69. The van der Waals surface area contributed by atoms with Gasteiger partial charge in [-0.25, -0.2) is 0 Å². The van der Waals surface area contributed by atoms with Gasteiger partial charge in [0.1, 0.15) is 0 Å². The SMILES string of the molecule is CN(C(=O)/C=C/c1ccccc1)C1CCN(Cc2ccccc2)CC1. The number of carbonyl (C=O) groups excluding carboxylic acids is 1. The Labute approximate surface area is 150 Å². The van der Waals surface area contributed by atoms with E-state index in [0.29, 0.717) is 6.04 Å². The fraction of sp³-hybridized carbons (Fsp3) is 0.318. The maximum Gasteiger partial charge on any atom is 0.246 e. The zero-order valence-electron chi connectivity index (χ0n) is 14.8. The van der Waals surface area contributed by atoms with Gasteiger partial charge in [-0.3, -0.25) is 9.69 Å². The number of rotatable bonds is 5. The van der Waals surface area contributed by atoms with Gasteiger partial charge in [0.2, 0.25) is 5.91 Å². The first-order chi connectivity index (χ1) is 12.2. The van der Waals surface area contributed by atoms with E-state index in [4.69, 9.17) is 0 Å². The molecule has 0 bridgehead atoms. The minimum atomic E-state index is 0.0883. The maximum atomic E-state index is 12.4. The summed E-state index contributed by atoms with van der Waals surface area (Å²) < 4.78 is 0.